The minimum absolute atomic E-state index is 0.0491. The van der Waals surface area contributed by atoms with Crippen LogP contribution in [0.5, 0.6) is 0 Å². The number of nitrogens with zero attached hydrogens (tertiary/aromatic N) is 2. The standard InChI is InChI=1S/C15H10ClN3O2/c16-12-6-5-9(7-11(12)15(20)21)18-14-8-17-19-13-4-2-1-3-10(13)14/h1-8H,(H,18,19)(H,20,21). The Hall–Kier alpha value is -2.66. The number of carboxylic acid groups (broad SMARTS) is 1. The number of hydrogen-bond acceptors (Lipinski definition) is 4. The molecule has 3 aromatic rings. The van der Waals surface area contributed by atoms with E-state index < -0.39 is 5.97 Å². The van der Waals surface area contributed by atoms with Gasteiger partial charge in [-0.1, -0.05) is 29.8 Å². The van der Waals surface area contributed by atoms with Crippen LogP contribution in [0.1, 0.15) is 10.4 Å². The van der Waals surface area contributed by atoms with E-state index in [1.807, 2.05) is 24.3 Å². The smallest absolute Gasteiger partial charge is 0.337 e. The zero-order valence-corrected chi connectivity index (χ0v) is 11.5. The second kappa shape index (κ2) is 5.38. The van der Waals surface area contributed by atoms with Gasteiger partial charge < -0.3 is 10.4 Å². The Morgan fingerprint density at radius 3 is 2.81 bits per heavy atom. The molecule has 3 rings (SSSR count). The van der Waals surface area contributed by atoms with Crippen molar-refractivity contribution in [3.63, 3.8) is 0 Å². The molecule has 0 amide bonds. The minimum atomic E-state index is -1.07. The van der Waals surface area contributed by atoms with Crippen LogP contribution in [0.2, 0.25) is 5.02 Å². The summed E-state index contributed by atoms with van der Waals surface area (Å²) >= 11 is 5.86. The molecule has 0 fully saturated rings. The Labute approximate surface area is 125 Å². The fourth-order valence-corrected chi connectivity index (χ4v) is 2.23. The average molecular weight is 300 g/mol. The first-order valence-electron chi connectivity index (χ1n) is 6.15. The van der Waals surface area contributed by atoms with E-state index in [-0.39, 0.29) is 10.6 Å². The van der Waals surface area contributed by atoms with Crippen LogP contribution in [0, 0.1) is 0 Å². The second-order valence-electron chi connectivity index (χ2n) is 4.40. The average Bonchev–Trinajstić information content (AvgIpc) is 2.49. The molecule has 2 aromatic carbocycles. The van der Waals surface area contributed by atoms with Gasteiger partial charge in [-0.2, -0.15) is 10.2 Å². The number of nitrogens with one attached hydrogen (secondary N) is 1. The maximum absolute atomic E-state index is 11.1. The van der Waals surface area contributed by atoms with E-state index in [0.29, 0.717) is 5.69 Å². The van der Waals surface area contributed by atoms with Crippen molar-refractivity contribution in [2.75, 3.05) is 5.32 Å². The fraction of sp³-hybridized carbons (Fsp3) is 0. The van der Waals surface area contributed by atoms with Crippen molar-refractivity contribution in [2.45, 2.75) is 0 Å². The van der Waals surface area contributed by atoms with E-state index in [1.54, 1.807) is 18.3 Å². The van der Waals surface area contributed by atoms with E-state index in [2.05, 4.69) is 15.5 Å². The normalized spacial score (nSPS) is 10.5. The van der Waals surface area contributed by atoms with Crippen LogP contribution in [0.25, 0.3) is 10.9 Å². The minimum Gasteiger partial charge on any atom is -0.478 e. The molecule has 1 heterocycles. The Morgan fingerprint density at radius 2 is 2.00 bits per heavy atom. The maximum atomic E-state index is 11.1. The topological polar surface area (TPSA) is 75.1 Å². The summed E-state index contributed by atoms with van der Waals surface area (Å²) in [4.78, 5) is 11.1. The lowest BCUT2D eigenvalue weighted by molar-refractivity contribution is 0.0697. The van der Waals surface area contributed by atoms with Gasteiger partial charge in [-0.25, -0.2) is 4.79 Å². The molecular weight excluding hydrogens is 290 g/mol. The first-order chi connectivity index (χ1) is 10.1. The van der Waals surface area contributed by atoms with Crippen LogP contribution in [-0.4, -0.2) is 21.3 Å². The third-order valence-corrected chi connectivity index (χ3v) is 3.35. The summed E-state index contributed by atoms with van der Waals surface area (Å²) in [6.45, 7) is 0. The summed E-state index contributed by atoms with van der Waals surface area (Å²) in [7, 11) is 0. The Bertz CT molecular complexity index is 831. The number of benzene rings is 2. The van der Waals surface area contributed by atoms with Gasteiger partial charge in [-0.3, -0.25) is 0 Å². The largest absolute Gasteiger partial charge is 0.478 e. The van der Waals surface area contributed by atoms with Crippen LogP contribution in [-0.2, 0) is 0 Å². The van der Waals surface area contributed by atoms with E-state index in [0.717, 1.165) is 16.6 Å². The van der Waals surface area contributed by atoms with Gasteiger partial charge in [0.2, 0.25) is 0 Å². The lowest BCUT2D eigenvalue weighted by Gasteiger charge is -2.10. The highest BCUT2D eigenvalue weighted by atomic mass is 35.5. The molecule has 5 nitrogen and oxygen atoms in total. The Kier molecular flexibility index (Phi) is 3.41. The van der Waals surface area contributed by atoms with Gasteiger partial charge in [0.15, 0.2) is 0 Å². The van der Waals surface area contributed by atoms with E-state index in [4.69, 9.17) is 16.7 Å². The lowest BCUT2D eigenvalue weighted by Crippen LogP contribution is -2.00. The highest BCUT2D eigenvalue weighted by molar-refractivity contribution is 6.33. The molecule has 0 atom stereocenters. The summed E-state index contributed by atoms with van der Waals surface area (Å²) in [6.07, 6.45) is 1.59. The molecule has 0 spiro atoms. The Morgan fingerprint density at radius 1 is 1.19 bits per heavy atom. The number of halogens is 1. The Balaban J connectivity index is 2.03. The molecule has 0 saturated carbocycles. The number of fused-ring (bicyclic) bond motifs is 1. The molecule has 2 N–H and O–H groups in total. The van der Waals surface area contributed by atoms with Crippen LogP contribution < -0.4 is 5.32 Å². The van der Waals surface area contributed by atoms with Crippen LogP contribution >= 0.6 is 11.6 Å². The highest BCUT2D eigenvalue weighted by Crippen LogP contribution is 2.26. The number of anilines is 2. The van der Waals surface area contributed by atoms with E-state index in [1.165, 1.54) is 6.07 Å². The van der Waals surface area contributed by atoms with Crippen LogP contribution in [0.3, 0.4) is 0 Å². The number of aromatic nitrogens is 2. The first-order valence-corrected chi connectivity index (χ1v) is 6.53. The zero-order chi connectivity index (χ0) is 14.8. The molecule has 0 radical (unpaired) electrons. The maximum Gasteiger partial charge on any atom is 0.337 e. The van der Waals surface area contributed by atoms with Crippen molar-refractivity contribution in [1.82, 2.24) is 10.2 Å². The van der Waals surface area contributed by atoms with Gasteiger partial charge >= 0.3 is 5.97 Å². The van der Waals surface area contributed by atoms with E-state index >= 15 is 0 Å². The monoisotopic (exact) mass is 299 g/mol. The summed E-state index contributed by atoms with van der Waals surface area (Å²) in [6, 6.07) is 12.3. The summed E-state index contributed by atoms with van der Waals surface area (Å²) in [5.41, 5.74) is 2.18. The number of aromatic carboxylic acids is 1. The third-order valence-electron chi connectivity index (χ3n) is 3.02. The number of rotatable bonds is 3. The molecule has 0 saturated heterocycles. The van der Waals surface area contributed by atoms with Crippen molar-refractivity contribution in [2.24, 2.45) is 0 Å². The lowest BCUT2D eigenvalue weighted by atomic mass is 10.1. The van der Waals surface area contributed by atoms with Crippen molar-refractivity contribution >= 4 is 39.8 Å². The predicted molar refractivity (Wildman–Crippen MR) is 81.2 cm³/mol. The number of carbonyl (C=O) groups is 1. The molecule has 6 heteroatoms. The molecule has 0 unspecified atom stereocenters. The van der Waals surface area contributed by atoms with Gasteiger partial charge in [-0.15, -0.1) is 0 Å². The van der Waals surface area contributed by atoms with Crippen molar-refractivity contribution < 1.29 is 9.90 Å². The van der Waals surface area contributed by atoms with Gasteiger partial charge in [-0.05, 0) is 24.3 Å². The number of hydrogen-bond donors (Lipinski definition) is 2. The zero-order valence-electron chi connectivity index (χ0n) is 10.7. The van der Waals surface area contributed by atoms with Gasteiger partial charge in [0.25, 0.3) is 0 Å². The van der Waals surface area contributed by atoms with E-state index in [9.17, 15) is 4.79 Å². The number of carboxylic acids is 1. The second-order valence-corrected chi connectivity index (χ2v) is 4.81. The molecule has 0 aliphatic rings. The summed E-state index contributed by atoms with van der Waals surface area (Å²) in [5, 5.41) is 21.3. The summed E-state index contributed by atoms with van der Waals surface area (Å²) < 4.78 is 0. The quantitative estimate of drug-likeness (QED) is 0.771. The molecular formula is C15H10ClN3O2. The molecule has 0 bridgehead atoms. The SMILES string of the molecule is O=C(O)c1cc(Nc2cnnc3ccccc23)ccc1Cl. The van der Waals surface area contributed by atoms with Crippen molar-refractivity contribution in [3.8, 4) is 0 Å². The van der Waals surface area contributed by atoms with Crippen LogP contribution in [0.4, 0.5) is 11.4 Å². The fourth-order valence-electron chi connectivity index (χ4n) is 2.03. The first kappa shape index (κ1) is 13.3. The van der Waals surface area contributed by atoms with Gasteiger partial charge in [0.05, 0.1) is 28.0 Å². The van der Waals surface area contributed by atoms with Crippen molar-refractivity contribution in [3.05, 3.63) is 59.2 Å². The molecule has 0 aliphatic carbocycles. The molecule has 0 aliphatic heterocycles. The highest BCUT2D eigenvalue weighted by Gasteiger charge is 2.10. The predicted octanol–water partition coefficient (Wildman–Crippen LogP) is 3.73. The molecule has 21 heavy (non-hydrogen) atoms. The van der Waals surface area contributed by atoms with Crippen LogP contribution in [0.15, 0.2) is 48.7 Å². The third kappa shape index (κ3) is 2.64. The summed E-state index contributed by atoms with van der Waals surface area (Å²) in [5.74, 6) is -1.07. The van der Waals surface area contributed by atoms with Gasteiger partial charge in [0, 0.05) is 11.1 Å². The molecule has 104 valence electrons. The van der Waals surface area contributed by atoms with Gasteiger partial charge in [0.1, 0.15) is 0 Å². The van der Waals surface area contributed by atoms with Crippen molar-refractivity contribution in [1.29, 1.82) is 0 Å². The molecule has 1 aromatic heterocycles.